The van der Waals surface area contributed by atoms with E-state index in [-0.39, 0.29) is 0 Å². The van der Waals surface area contributed by atoms with Crippen molar-refractivity contribution in [2.75, 3.05) is 4.90 Å². The van der Waals surface area contributed by atoms with Crippen LogP contribution in [0.5, 0.6) is 0 Å². The summed E-state index contributed by atoms with van der Waals surface area (Å²) in [5.41, 5.74) is 14.5. The van der Waals surface area contributed by atoms with E-state index in [1.54, 1.807) is 0 Å². The fraction of sp³-hybridized carbons (Fsp3) is 0. The van der Waals surface area contributed by atoms with Crippen molar-refractivity contribution in [3.05, 3.63) is 200 Å². The summed E-state index contributed by atoms with van der Waals surface area (Å²) in [6, 6.07) is 71.2. The minimum atomic E-state index is 0.894. The molecule has 0 spiro atoms. The van der Waals surface area contributed by atoms with Crippen LogP contribution in [0.1, 0.15) is 0 Å². The van der Waals surface area contributed by atoms with Crippen molar-refractivity contribution in [2.45, 2.75) is 0 Å². The first-order chi connectivity index (χ1) is 24.8. The van der Waals surface area contributed by atoms with Gasteiger partial charge in [-0.05, 0) is 87.5 Å². The largest absolute Gasteiger partial charge is 0.456 e. The zero-order valence-electron chi connectivity index (χ0n) is 27.4. The van der Waals surface area contributed by atoms with Crippen molar-refractivity contribution >= 4 is 39.0 Å². The van der Waals surface area contributed by atoms with Crippen LogP contribution in [0.25, 0.3) is 66.4 Å². The van der Waals surface area contributed by atoms with Crippen LogP contribution >= 0.6 is 0 Å². The van der Waals surface area contributed by atoms with E-state index in [0.717, 1.165) is 55.7 Å². The SMILES string of the molecule is c1ccc(-c2ccc(N(c3ccc(-c4ccccc4)cc3)c3cccc(-c4ccc5oc6ccccc6c5c4)c3-c3ccccc3)cc2)cc1. The summed E-state index contributed by atoms with van der Waals surface area (Å²) in [7, 11) is 0. The molecule has 9 rings (SSSR count). The Labute approximate surface area is 292 Å². The molecular weight excluding hydrogens is 607 g/mol. The molecule has 0 radical (unpaired) electrons. The number of furan rings is 1. The minimum absolute atomic E-state index is 0.894. The van der Waals surface area contributed by atoms with Gasteiger partial charge < -0.3 is 9.32 Å². The molecule has 2 heteroatoms. The van der Waals surface area contributed by atoms with Gasteiger partial charge in [-0.25, -0.2) is 0 Å². The zero-order chi connectivity index (χ0) is 33.3. The van der Waals surface area contributed by atoms with Gasteiger partial charge in [0, 0.05) is 27.7 Å². The molecule has 0 fully saturated rings. The van der Waals surface area contributed by atoms with Crippen LogP contribution in [0.3, 0.4) is 0 Å². The van der Waals surface area contributed by atoms with E-state index in [1.807, 2.05) is 12.1 Å². The molecule has 2 nitrogen and oxygen atoms in total. The van der Waals surface area contributed by atoms with E-state index in [2.05, 4.69) is 193 Å². The molecule has 0 aliphatic carbocycles. The van der Waals surface area contributed by atoms with Gasteiger partial charge in [-0.15, -0.1) is 0 Å². The Kier molecular flexibility index (Phi) is 7.53. The fourth-order valence-electron chi connectivity index (χ4n) is 7.06. The predicted molar refractivity (Wildman–Crippen MR) is 210 cm³/mol. The standard InChI is InChI=1S/C48H33NO/c1-4-13-34(14-5-1)36-23-28-40(29-24-36)49(41-30-25-37(26-31-41)35-15-6-2-7-16-35)45-21-12-20-42(48(45)38-17-8-3-9-18-38)39-27-32-47-44(33-39)43-19-10-11-22-46(43)50-47/h1-33H. The van der Waals surface area contributed by atoms with Gasteiger partial charge in [0.1, 0.15) is 11.2 Å². The third-order valence-electron chi connectivity index (χ3n) is 9.50. The third kappa shape index (κ3) is 5.43. The highest BCUT2D eigenvalue weighted by molar-refractivity contribution is 6.07. The van der Waals surface area contributed by atoms with Crippen LogP contribution < -0.4 is 4.90 Å². The smallest absolute Gasteiger partial charge is 0.135 e. The summed E-state index contributed by atoms with van der Waals surface area (Å²) in [5, 5.41) is 2.24. The van der Waals surface area contributed by atoms with E-state index in [9.17, 15) is 0 Å². The van der Waals surface area contributed by atoms with Crippen LogP contribution in [0, 0.1) is 0 Å². The molecule has 236 valence electrons. The Morgan fingerprint density at radius 3 is 1.40 bits per heavy atom. The Bertz CT molecular complexity index is 2470. The lowest BCUT2D eigenvalue weighted by molar-refractivity contribution is 0.669. The number of benzene rings is 8. The number of rotatable bonds is 7. The molecule has 1 heterocycles. The molecule has 0 aliphatic heterocycles. The van der Waals surface area contributed by atoms with E-state index in [4.69, 9.17) is 4.42 Å². The molecule has 0 bridgehead atoms. The van der Waals surface area contributed by atoms with Gasteiger partial charge in [-0.1, -0.05) is 152 Å². The molecule has 9 aromatic rings. The second kappa shape index (κ2) is 12.8. The topological polar surface area (TPSA) is 16.4 Å². The first kappa shape index (κ1) is 29.5. The molecular formula is C48H33NO. The van der Waals surface area contributed by atoms with Gasteiger partial charge >= 0.3 is 0 Å². The molecule has 0 atom stereocenters. The molecule has 50 heavy (non-hydrogen) atoms. The normalized spacial score (nSPS) is 11.2. The average molecular weight is 640 g/mol. The number of fused-ring (bicyclic) bond motifs is 3. The monoisotopic (exact) mass is 639 g/mol. The van der Waals surface area contributed by atoms with Crippen molar-refractivity contribution in [1.29, 1.82) is 0 Å². The highest BCUT2D eigenvalue weighted by Gasteiger charge is 2.21. The third-order valence-corrected chi connectivity index (χ3v) is 9.50. The Morgan fingerprint density at radius 2 is 0.800 bits per heavy atom. The molecule has 1 aromatic heterocycles. The maximum Gasteiger partial charge on any atom is 0.135 e. The summed E-state index contributed by atoms with van der Waals surface area (Å²) in [5.74, 6) is 0. The molecule has 0 N–H and O–H groups in total. The van der Waals surface area contributed by atoms with Crippen LogP contribution in [0.15, 0.2) is 205 Å². The lowest BCUT2D eigenvalue weighted by atomic mass is 9.91. The molecule has 8 aromatic carbocycles. The molecule has 0 saturated heterocycles. The van der Waals surface area contributed by atoms with Crippen molar-refractivity contribution in [2.24, 2.45) is 0 Å². The fourth-order valence-corrected chi connectivity index (χ4v) is 7.06. The molecule has 0 aliphatic rings. The van der Waals surface area contributed by atoms with E-state index in [1.165, 1.54) is 27.8 Å². The minimum Gasteiger partial charge on any atom is -0.456 e. The Hall–Kier alpha value is -6.64. The molecule has 0 unspecified atom stereocenters. The van der Waals surface area contributed by atoms with Crippen molar-refractivity contribution in [3.8, 4) is 44.5 Å². The van der Waals surface area contributed by atoms with Crippen LogP contribution in [0.4, 0.5) is 17.1 Å². The quantitative estimate of drug-likeness (QED) is 0.173. The second-order valence-electron chi connectivity index (χ2n) is 12.5. The van der Waals surface area contributed by atoms with Gasteiger partial charge in [0.05, 0.1) is 5.69 Å². The number of hydrogen-bond acceptors (Lipinski definition) is 2. The van der Waals surface area contributed by atoms with Crippen molar-refractivity contribution in [1.82, 2.24) is 0 Å². The van der Waals surface area contributed by atoms with Gasteiger partial charge in [0.2, 0.25) is 0 Å². The highest BCUT2D eigenvalue weighted by Crippen LogP contribution is 2.46. The molecule has 0 amide bonds. The van der Waals surface area contributed by atoms with E-state index < -0.39 is 0 Å². The van der Waals surface area contributed by atoms with Gasteiger partial charge in [0.25, 0.3) is 0 Å². The zero-order valence-corrected chi connectivity index (χ0v) is 27.4. The summed E-state index contributed by atoms with van der Waals surface area (Å²) in [6.07, 6.45) is 0. The maximum absolute atomic E-state index is 6.21. The van der Waals surface area contributed by atoms with Crippen LogP contribution in [-0.2, 0) is 0 Å². The maximum atomic E-state index is 6.21. The predicted octanol–water partition coefficient (Wildman–Crippen LogP) is 13.7. The number of anilines is 3. The summed E-state index contributed by atoms with van der Waals surface area (Å²) < 4.78 is 6.21. The number of hydrogen-bond donors (Lipinski definition) is 0. The lowest BCUT2D eigenvalue weighted by Gasteiger charge is -2.29. The van der Waals surface area contributed by atoms with Crippen LogP contribution in [-0.4, -0.2) is 0 Å². The van der Waals surface area contributed by atoms with Crippen molar-refractivity contribution < 1.29 is 4.42 Å². The second-order valence-corrected chi connectivity index (χ2v) is 12.5. The summed E-state index contributed by atoms with van der Waals surface area (Å²) in [4.78, 5) is 2.39. The van der Waals surface area contributed by atoms with Crippen LogP contribution in [0.2, 0.25) is 0 Å². The summed E-state index contributed by atoms with van der Waals surface area (Å²) in [6.45, 7) is 0. The Morgan fingerprint density at radius 1 is 0.320 bits per heavy atom. The highest BCUT2D eigenvalue weighted by atomic mass is 16.3. The average Bonchev–Trinajstić information content (AvgIpc) is 3.57. The van der Waals surface area contributed by atoms with E-state index in [0.29, 0.717) is 0 Å². The van der Waals surface area contributed by atoms with Gasteiger partial charge in [-0.3, -0.25) is 0 Å². The van der Waals surface area contributed by atoms with E-state index >= 15 is 0 Å². The van der Waals surface area contributed by atoms with Gasteiger partial charge in [0.15, 0.2) is 0 Å². The number of para-hydroxylation sites is 1. The first-order valence-corrected chi connectivity index (χ1v) is 17.0. The summed E-state index contributed by atoms with van der Waals surface area (Å²) >= 11 is 0. The van der Waals surface area contributed by atoms with Crippen molar-refractivity contribution in [3.63, 3.8) is 0 Å². The molecule has 0 saturated carbocycles. The van der Waals surface area contributed by atoms with Gasteiger partial charge in [-0.2, -0.15) is 0 Å². The first-order valence-electron chi connectivity index (χ1n) is 17.0. The Balaban J connectivity index is 1.25. The lowest BCUT2D eigenvalue weighted by Crippen LogP contribution is -2.11. The number of nitrogens with zero attached hydrogens (tertiary/aromatic N) is 1.